The zero-order valence-corrected chi connectivity index (χ0v) is 14.7. The number of hydrogen-bond acceptors (Lipinski definition) is 3. The topological polar surface area (TPSA) is 30.5 Å². The summed E-state index contributed by atoms with van der Waals surface area (Å²) in [6.45, 7) is 0.991. The van der Waals surface area contributed by atoms with Crippen molar-refractivity contribution in [3.63, 3.8) is 0 Å². The van der Waals surface area contributed by atoms with Gasteiger partial charge in [-0.05, 0) is 35.4 Å². The number of benzene rings is 3. The summed E-state index contributed by atoms with van der Waals surface area (Å²) in [5, 5.41) is 3.43. The third-order valence-electron chi connectivity index (χ3n) is 4.03. The molecule has 0 saturated carbocycles. The summed E-state index contributed by atoms with van der Waals surface area (Å²) in [5.74, 6) is 0.537. The number of hydrogen-bond donors (Lipinski definition) is 1. The van der Waals surface area contributed by atoms with Crippen LogP contribution in [0.2, 0.25) is 0 Å². The lowest BCUT2D eigenvalue weighted by Crippen LogP contribution is -2.16. The van der Waals surface area contributed by atoms with E-state index in [-0.39, 0.29) is 11.9 Å². The summed E-state index contributed by atoms with van der Waals surface area (Å²) in [6, 6.07) is 24.2. The van der Waals surface area contributed by atoms with E-state index in [0.717, 1.165) is 22.6 Å². The number of rotatable bonds is 8. The summed E-state index contributed by atoms with van der Waals surface area (Å²) in [4.78, 5) is 0. The van der Waals surface area contributed by atoms with E-state index in [9.17, 15) is 4.39 Å². The van der Waals surface area contributed by atoms with E-state index >= 15 is 0 Å². The molecule has 0 saturated heterocycles. The van der Waals surface area contributed by atoms with E-state index in [4.69, 9.17) is 9.47 Å². The minimum Gasteiger partial charge on any atom is -0.489 e. The summed E-state index contributed by atoms with van der Waals surface area (Å²) in [6.07, 6.45) is 0. The van der Waals surface area contributed by atoms with Gasteiger partial charge in [0.25, 0.3) is 0 Å². The highest BCUT2D eigenvalue weighted by molar-refractivity contribution is 5.50. The Balaban J connectivity index is 1.68. The fourth-order valence-electron chi connectivity index (χ4n) is 2.70. The lowest BCUT2D eigenvalue weighted by atomic mass is 10.1. The molecule has 0 aromatic heterocycles. The predicted molar refractivity (Wildman–Crippen MR) is 102 cm³/mol. The lowest BCUT2D eigenvalue weighted by molar-refractivity contribution is 0.186. The lowest BCUT2D eigenvalue weighted by Gasteiger charge is -2.20. The average Bonchev–Trinajstić information content (AvgIpc) is 2.68. The van der Waals surface area contributed by atoms with Gasteiger partial charge in [-0.2, -0.15) is 0 Å². The van der Waals surface area contributed by atoms with E-state index in [1.165, 1.54) is 12.1 Å². The molecular weight excluding hydrogens is 329 g/mol. The van der Waals surface area contributed by atoms with Crippen molar-refractivity contribution < 1.29 is 13.9 Å². The highest BCUT2D eigenvalue weighted by Crippen LogP contribution is 2.24. The molecule has 1 N–H and O–H groups in total. The van der Waals surface area contributed by atoms with Gasteiger partial charge < -0.3 is 14.8 Å². The molecule has 1 unspecified atom stereocenters. The predicted octanol–water partition coefficient (Wildman–Crippen LogP) is 5.20. The minimum atomic E-state index is -0.249. The maximum Gasteiger partial charge on any atom is 0.123 e. The van der Waals surface area contributed by atoms with Crippen molar-refractivity contribution in [1.82, 2.24) is 0 Å². The molecule has 0 aliphatic carbocycles. The highest BCUT2D eigenvalue weighted by atomic mass is 19.1. The average molecular weight is 351 g/mol. The largest absolute Gasteiger partial charge is 0.489 e. The normalized spacial score (nSPS) is 11.8. The Labute approximate surface area is 153 Å². The smallest absolute Gasteiger partial charge is 0.123 e. The van der Waals surface area contributed by atoms with Crippen molar-refractivity contribution in [3.05, 3.63) is 95.8 Å². The van der Waals surface area contributed by atoms with Crippen LogP contribution in [0.5, 0.6) is 5.75 Å². The van der Waals surface area contributed by atoms with Crippen molar-refractivity contribution >= 4 is 5.69 Å². The molecule has 0 aliphatic heterocycles. The zero-order valence-electron chi connectivity index (χ0n) is 14.7. The molecule has 0 bridgehead atoms. The molecule has 1 atom stereocenters. The van der Waals surface area contributed by atoms with Gasteiger partial charge in [-0.1, -0.05) is 48.5 Å². The molecule has 3 rings (SSSR count). The molecule has 3 nitrogen and oxygen atoms in total. The molecule has 0 spiro atoms. The molecule has 134 valence electrons. The zero-order chi connectivity index (χ0) is 18.2. The fraction of sp³-hybridized carbons (Fsp3) is 0.182. The van der Waals surface area contributed by atoms with Crippen LogP contribution in [0, 0.1) is 5.82 Å². The SMILES string of the molecule is COCC(Nc1cccc(OCc2ccccc2)c1)c1ccc(F)cc1. The van der Waals surface area contributed by atoms with E-state index in [1.54, 1.807) is 19.2 Å². The van der Waals surface area contributed by atoms with E-state index < -0.39 is 0 Å². The summed E-state index contributed by atoms with van der Waals surface area (Å²) < 4.78 is 24.4. The number of anilines is 1. The molecule has 4 heteroatoms. The molecule has 0 heterocycles. The maximum atomic E-state index is 13.2. The quantitative estimate of drug-likeness (QED) is 0.605. The first-order chi connectivity index (χ1) is 12.7. The number of nitrogens with one attached hydrogen (secondary N) is 1. The van der Waals surface area contributed by atoms with Gasteiger partial charge in [0.1, 0.15) is 18.2 Å². The standard InChI is InChI=1S/C22H22FNO2/c1-25-16-22(18-10-12-19(23)13-11-18)24-20-8-5-9-21(14-20)26-15-17-6-3-2-4-7-17/h2-14,22,24H,15-16H2,1H3. The van der Waals surface area contributed by atoms with Crippen LogP contribution in [0.15, 0.2) is 78.9 Å². The molecule has 0 radical (unpaired) electrons. The van der Waals surface area contributed by atoms with Crippen molar-refractivity contribution in [2.45, 2.75) is 12.6 Å². The van der Waals surface area contributed by atoms with Gasteiger partial charge in [-0.3, -0.25) is 0 Å². The Hall–Kier alpha value is -2.85. The number of halogens is 1. The maximum absolute atomic E-state index is 13.2. The summed E-state index contributed by atoms with van der Waals surface area (Å²) >= 11 is 0. The molecule has 0 amide bonds. The summed E-state index contributed by atoms with van der Waals surface area (Å²) in [7, 11) is 1.65. The Morgan fingerprint density at radius 3 is 2.42 bits per heavy atom. The first-order valence-corrected chi connectivity index (χ1v) is 8.52. The second-order valence-corrected chi connectivity index (χ2v) is 6.01. The Morgan fingerprint density at radius 2 is 1.69 bits per heavy atom. The minimum absolute atomic E-state index is 0.0787. The van der Waals surface area contributed by atoms with E-state index in [2.05, 4.69) is 5.32 Å². The van der Waals surface area contributed by atoms with Crippen molar-refractivity contribution in [2.24, 2.45) is 0 Å². The first-order valence-electron chi connectivity index (χ1n) is 8.52. The van der Waals surface area contributed by atoms with Crippen LogP contribution in [-0.4, -0.2) is 13.7 Å². The van der Waals surface area contributed by atoms with Crippen LogP contribution in [0.4, 0.5) is 10.1 Å². The van der Waals surface area contributed by atoms with Crippen LogP contribution < -0.4 is 10.1 Å². The molecule has 26 heavy (non-hydrogen) atoms. The van der Waals surface area contributed by atoms with Crippen molar-refractivity contribution in [1.29, 1.82) is 0 Å². The van der Waals surface area contributed by atoms with Crippen LogP contribution in [0.3, 0.4) is 0 Å². The van der Waals surface area contributed by atoms with Crippen LogP contribution >= 0.6 is 0 Å². The van der Waals surface area contributed by atoms with Gasteiger partial charge in [0.05, 0.1) is 12.6 Å². The van der Waals surface area contributed by atoms with Crippen LogP contribution in [0.25, 0.3) is 0 Å². The molecule has 3 aromatic carbocycles. The van der Waals surface area contributed by atoms with Gasteiger partial charge >= 0.3 is 0 Å². The van der Waals surface area contributed by atoms with Gasteiger partial charge in [-0.25, -0.2) is 4.39 Å². The molecule has 0 fully saturated rings. The summed E-state index contributed by atoms with van der Waals surface area (Å²) in [5.41, 5.74) is 3.00. The monoisotopic (exact) mass is 351 g/mol. The van der Waals surface area contributed by atoms with Gasteiger partial charge in [0, 0.05) is 18.9 Å². The van der Waals surface area contributed by atoms with E-state index in [0.29, 0.717) is 13.2 Å². The molecule has 3 aromatic rings. The first kappa shape index (κ1) is 18.0. The third-order valence-corrected chi connectivity index (χ3v) is 4.03. The van der Waals surface area contributed by atoms with Crippen LogP contribution in [-0.2, 0) is 11.3 Å². The highest BCUT2D eigenvalue weighted by Gasteiger charge is 2.12. The van der Waals surface area contributed by atoms with Gasteiger partial charge in [0.15, 0.2) is 0 Å². The molecular formula is C22H22FNO2. The van der Waals surface area contributed by atoms with Gasteiger partial charge in [-0.15, -0.1) is 0 Å². The Kier molecular flexibility index (Phi) is 6.23. The molecule has 0 aliphatic rings. The Morgan fingerprint density at radius 1 is 0.923 bits per heavy atom. The fourth-order valence-corrected chi connectivity index (χ4v) is 2.70. The van der Waals surface area contributed by atoms with E-state index in [1.807, 2.05) is 54.6 Å². The van der Waals surface area contributed by atoms with Gasteiger partial charge in [0.2, 0.25) is 0 Å². The Bertz CT molecular complexity index is 806. The second kappa shape index (κ2) is 9.02. The number of ether oxygens (including phenoxy) is 2. The number of methoxy groups -OCH3 is 1. The van der Waals surface area contributed by atoms with Crippen molar-refractivity contribution in [2.75, 3.05) is 19.0 Å². The van der Waals surface area contributed by atoms with Crippen molar-refractivity contribution in [3.8, 4) is 5.75 Å². The third kappa shape index (κ3) is 5.07. The van der Waals surface area contributed by atoms with Crippen LogP contribution in [0.1, 0.15) is 17.2 Å². The second-order valence-electron chi connectivity index (χ2n) is 6.01.